The lowest BCUT2D eigenvalue weighted by Gasteiger charge is -2.23. The maximum absolute atomic E-state index is 12.3. The first-order valence-corrected chi connectivity index (χ1v) is 9.62. The largest absolute Gasteiger partial charge is 0.378 e. The highest BCUT2D eigenvalue weighted by molar-refractivity contribution is 7.89. The van der Waals surface area contributed by atoms with Crippen LogP contribution in [0.5, 0.6) is 0 Å². The fraction of sp³-hybridized carbons (Fsp3) is 0.562. The average Bonchev–Trinajstić information content (AvgIpc) is 2.55. The maximum atomic E-state index is 12.3. The predicted molar refractivity (Wildman–Crippen MR) is 92.4 cm³/mol. The highest BCUT2D eigenvalue weighted by atomic mass is 32.2. The average molecular weight is 355 g/mol. The number of sulfonamides is 1. The summed E-state index contributed by atoms with van der Waals surface area (Å²) >= 11 is 0. The second-order valence-electron chi connectivity index (χ2n) is 5.94. The molecule has 2 rings (SSSR count). The summed E-state index contributed by atoms with van der Waals surface area (Å²) in [4.78, 5) is 12.2. The van der Waals surface area contributed by atoms with Gasteiger partial charge in [-0.2, -0.15) is 0 Å². The number of amides is 1. The van der Waals surface area contributed by atoms with E-state index in [0.717, 1.165) is 6.54 Å². The second-order valence-corrected chi connectivity index (χ2v) is 7.65. The Morgan fingerprint density at radius 3 is 2.92 bits per heavy atom. The number of hydrogen-bond acceptors (Lipinski definition) is 5. The van der Waals surface area contributed by atoms with Gasteiger partial charge in [-0.1, -0.05) is 13.0 Å². The number of carbonyl (C=O) groups is 1. The molecule has 1 fully saturated rings. The van der Waals surface area contributed by atoms with Crippen LogP contribution < -0.4 is 15.4 Å². The third-order valence-corrected chi connectivity index (χ3v) is 5.41. The third-order valence-electron chi connectivity index (χ3n) is 3.83. The maximum Gasteiger partial charge on any atom is 0.240 e. The van der Waals surface area contributed by atoms with E-state index in [-0.39, 0.29) is 29.3 Å². The van der Waals surface area contributed by atoms with Crippen LogP contribution in [0.25, 0.3) is 0 Å². The van der Waals surface area contributed by atoms with Crippen LogP contribution in [0, 0.1) is 0 Å². The van der Waals surface area contributed by atoms with Crippen molar-refractivity contribution in [2.24, 2.45) is 0 Å². The molecule has 134 valence electrons. The van der Waals surface area contributed by atoms with E-state index in [0.29, 0.717) is 25.3 Å². The fourth-order valence-corrected chi connectivity index (χ4v) is 3.72. The van der Waals surface area contributed by atoms with Gasteiger partial charge in [-0.05, 0) is 31.5 Å². The molecule has 3 N–H and O–H groups in total. The zero-order chi connectivity index (χ0) is 17.6. The monoisotopic (exact) mass is 355 g/mol. The first-order valence-electron chi connectivity index (χ1n) is 8.14. The number of morpholine rings is 1. The smallest absolute Gasteiger partial charge is 0.240 e. The van der Waals surface area contributed by atoms with E-state index in [9.17, 15) is 13.2 Å². The Labute approximate surface area is 143 Å². The molecule has 2 atom stereocenters. The van der Waals surface area contributed by atoms with Crippen molar-refractivity contribution in [1.82, 2.24) is 10.0 Å². The van der Waals surface area contributed by atoms with Gasteiger partial charge in [-0.25, -0.2) is 13.1 Å². The quantitative estimate of drug-likeness (QED) is 0.680. The molecule has 1 aromatic rings. The van der Waals surface area contributed by atoms with Crippen LogP contribution in [0.4, 0.5) is 5.69 Å². The molecule has 1 saturated heterocycles. The molecule has 1 aliphatic rings. The Bertz CT molecular complexity index is 657. The fourth-order valence-electron chi connectivity index (χ4n) is 2.34. The second kappa shape index (κ2) is 8.57. The number of anilines is 1. The number of nitrogens with one attached hydrogen (secondary N) is 3. The Balaban J connectivity index is 2.00. The van der Waals surface area contributed by atoms with Gasteiger partial charge >= 0.3 is 0 Å². The van der Waals surface area contributed by atoms with Crippen molar-refractivity contribution in [1.29, 1.82) is 0 Å². The van der Waals surface area contributed by atoms with E-state index < -0.39 is 10.0 Å². The molecule has 0 aliphatic carbocycles. The van der Waals surface area contributed by atoms with Crippen molar-refractivity contribution in [3.05, 3.63) is 24.3 Å². The first kappa shape index (κ1) is 18.9. The summed E-state index contributed by atoms with van der Waals surface area (Å²) in [6.07, 6.45) is 0.980. The summed E-state index contributed by atoms with van der Waals surface area (Å²) in [6, 6.07) is 6.10. The lowest BCUT2D eigenvalue weighted by molar-refractivity contribution is -0.117. The summed E-state index contributed by atoms with van der Waals surface area (Å²) in [5.41, 5.74) is 0.462. The molecule has 1 aromatic carbocycles. The van der Waals surface area contributed by atoms with Gasteiger partial charge in [-0.15, -0.1) is 0 Å². The van der Waals surface area contributed by atoms with Gasteiger partial charge in [0.15, 0.2) is 0 Å². The van der Waals surface area contributed by atoms with Gasteiger partial charge < -0.3 is 15.4 Å². The summed E-state index contributed by atoms with van der Waals surface area (Å²) in [6.45, 7) is 5.60. The Morgan fingerprint density at radius 2 is 2.25 bits per heavy atom. The number of hydrogen-bond donors (Lipinski definition) is 3. The molecule has 0 radical (unpaired) electrons. The highest BCUT2D eigenvalue weighted by Crippen LogP contribution is 2.16. The number of rotatable bonds is 7. The minimum atomic E-state index is -3.59. The molecule has 2 unspecified atom stereocenters. The third kappa shape index (κ3) is 5.55. The number of ether oxygens (including phenoxy) is 1. The van der Waals surface area contributed by atoms with Gasteiger partial charge in [0.1, 0.15) is 0 Å². The summed E-state index contributed by atoms with van der Waals surface area (Å²) in [5, 5.41) is 5.95. The van der Waals surface area contributed by atoms with Crippen LogP contribution in [0.15, 0.2) is 29.2 Å². The normalized spacial score (nSPS) is 19.7. The van der Waals surface area contributed by atoms with Gasteiger partial charge in [0.05, 0.1) is 18.1 Å². The van der Waals surface area contributed by atoms with Crippen LogP contribution in [0.2, 0.25) is 0 Å². The van der Waals surface area contributed by atoms with E-state index in [1.165, 1.54) is 12.1 Å². The lowest BCUT2D eigenvalue weighted by Crippen LogP contribution is -2.43. The van der Waals surface area contributed by atoms with E-state index in [2.05, 4.69) is 15.4 Å². The molecule has 0 saturated carbocycles. The molecule has 0 spiro atoms. The minimum Gasteiger partial charge on any atom is -0.378 e. The van der Waals surface area contributed by atoms with Crippen molar-refractivity contribution >= 4 is 21.6 Å². The van der Waals surface area contributed by atoms with Crippen molar-refractivity contribution in [2.75, 3.05) is 25.1 Å². The zero-order valence-electron chi connectivity index (χ0n) is 14.0. The molecule has 1 heterocycles. The van der Waals surface area contributed by atoms with Crippen molar-refractivity contribution in [3.8, 4) is 0 Å². The summed E-state index contributed by atoms with van der Waals surface area (Å²) < 4.78 is 32.5. The van der Waals surface area contributed by atoms with Crippen LogP contribution in [0.1, 0.15) is 26.7 Å². The number of benzene rings is 1. The van der Waals surface area contributed by atoms with E-state index in [1.54, 1.807) is 12.1 Å². The predicted octanol–water partition coefficient (Wildman–Crippen LogP) is 1.08. The van der Waals surface area contributed by atoms with Gasteiger partial charge in [0, 0.05) is 30.7 Å². The molecular formula is C16H25N3O4S. The van der Waals surface area contributed by atoms with Crippen LogP contribution >= 0.6 is 0 Å². The van der Waals surface area contributed by atoms with Crippen molar-refractivity contribution < 1.29 is 17.9 Å². The van der Waals surface area contributed by atoms with Crippen LogP contribution in [-0.2, 0) is 19.6 Å². The SMILES string of the molecule is CCC(C)NS(=O)(=O)c1cccc(NC(=O)CC2COCCN2)c1. The standard InChI is InChI=1S/C16H25N3O4S/c1-3-12(2)19-24(21,22)15-6-4-5-13(9-15)18-16(20)10-14-11-23-8-7-17-14/h4-6,9,12,14,17,19H,3,7-8,10-11H2,1-2H3,(H,18,20). The first-order chi connectivity index (χ1) is 11.4. The summed E-state index contributed by atoms with van der Waals surface area (Å²) in [5.74, 6) is -0.178. The minimum absolute atomic E-state index is 0.0160. The van der Waals surface area contributed by atoms with E-state index in [1.807, 2.05) is 13.8 Å². The lowest BCUT2D eigenvalue weighted by atomic mass is 10.2. The molecule has 7 nitrogen and oxygen atoms in total. The Morgan fingerprint density at radius 1 is 1.46 bits per heavy atom. The molecule has 0 bridgehead atoms. The molecular weight excluding hydrogens is 330 g/mol. The zero-order valence-corrected chi connectivity index (χ0v) is 14.9. The highest BCUT2D eigenvalue weighted by Gasteiger charge is 2.19. The summed E-state index contributed by atoms with van der Waals surface area (Å²) in [7, 11) is -3.59. The van der Waals surface area contributed by atoms with Crippen LogP contribution in [0.3, 0.4) is 0 Å². The van der Waals surface area contributed by atoms with Gasteiger partial charge in [0.2, 0.25) is 15.9 Å². The molecule has 8 heteroatoms. The van der Waals surface area contributed by atoms with E-state index in [4.69, 9.17) is 4.74 Å². The van der Waals surface area contributed by atoms with Crippen LogP contribution in [-0.4, -0.2) is 46.2 Å². The van der Waals surface area contributed by atoms with Gasteiger partial charge in [-0.3, -0.25) is 4.79 Å². The van der Waals surface area contributed by atoms with E-state index >= 15 is 0 Å². The Hall–Kier alpha value is -1.48. The van der Waals surface area contributed by atoms with Crippen molar-refractivity contribution in [3.63, 3.8) is 0 Å². The van der Waals surface area contributed by atoms with Crippen molar-refractivity contribution in [2.45, 2.75) is 43.7 Å². The topological polar surface area (TPSA) is 96.5 Å². The molecule has 1 aliphatic heterocycles. The van der Waals surface area contributed by atoms with Gasteiger partial charge in [0.25, 0.3) is 0 Å². The molecule has 24 heavy (non-hydrogen) atoms. The molecule has 1 amide bonds. The Kier molecular flexibility index (Phi) is 6.73. The molecule has 0 aromatic heterocycles. The number of carbonyl (C=O) groups excluding carboxylic acids is 1.